The summed E-state index contributed by atoms with van der Waals surface area (Å²) >= 11 is 1.29. The van der Waals surface area contributed by atoms with Crippen molar-refractivity contribution >= 4 is 43.2 Å². The Kier molecular flexibility index (Phi) is 5.12. The second kappa shape index (κ2) is 8.26. The molecule has 8 nitrogen and oxygen atoms in total. The molecular formula is C24H16N4O4S. The summed E-state index contributed by atoms with van der Waals surface area (Å²) in [6, 6.07) is 19.2. The lowest BCUT2D eigenvalue weighted by molar-refractivity contribution is -0.116. The van der Waals surface area contributed by atoms with E-state index in [1.807, 2.05) is 30.3 Å². The average molecular weight is 456 g/mol. The van der Waals surface area contributed by atoms with Crippen molar-refractivity contribution in [1.82, 2.24) is 9.13 Å². The molecule has 0 saturated carbocycles. The summed E-state index contributed by atoms with van der Waals surface area (Å²) in [7, 11) is 0. The third kappa shape index (κ3) is 3.73. The number of rotatable bonds is 5. The predicted octanol–water partition coefficient (Wildman–Crippen LogP) is 3.53. The molecule has 33 heavy (non-hydrogen) atoms. The maximum absolute atomic E-state index is 13.4. The fraction of sp³-hybridized carbons (Fsp3) is 0.0833. The van der Waals surface area contributed by atoms with Gasteiger partial charge in [0.15, 0.2) is 0 Å². The Bertz CT molecular complexity index is 1650. The van der Waals surface area contributed by atoms with E-state index < -0.39 is 17.2 Å². The zero-order chi connectivity index (χ0) is 22.9. The van der Waals surface area contributed by atoms with Gasteiger partial charge in [0.2, 0.25) is 5.91 Å². The first kappa shape index (κ1) is 20.5. The van der Waals surface area contributed by atoms with Gasteiger partial charge in [-0.2, -0.15) is 5.26 Å². The van der Waals surface area contributed by atoms with Crippen LogP contribution in [0.5, 0.6) is 0 Å². The second-order valence-electron chi connectivity index (χ2n) is 7.35. The summed E-state index contributed by atoms with van der Waals surface area (Å²) in [6.07, 6.45) is 1.47. The Hall–Kier alpha value is -4.42. The Labute approximate surface area is 190 Å². The topological polar surface area (TPSA) is 110 Å². The van der Waals surface area contributed by atoms with Crippen molar-refractivity contribution in [2.75, 3.05) is 5.32 Å². The minimum atomic E-state index is -0.595. The van der Waals surface area contributed by atoms with E-state index in [1.54, 1.807) is 36.4 Å². The van der Waals surface area contributed by atoms with Gasteiger partial charge in [0.25, 0.3) is 5.56 Å². The van der Waals surface area contributed by atoms with Crippen LogP contribution in [0, 0.1) is 11.3 Å². The fourth-order valence-corrected chi connectivity index (χ4v) is 4.87. The molecule has 0 unspecified atom stereocenters. The molecule has 1 amide bonds. The number of nitrogens with zero attached hydrogens (tertiary/aromatic N) is 3. The van der Waals surface area contributed by atoms with E-state index in [0.29, 0.717) is 27.2 Å². The van der Waals surface area contributed by atoms with Crippen LogP contribution in [0.3, 0.4) is 0 Å². The summed E-state index contributed by atoms with van der Waals surface area (Å²) < 4.78 is 9.00. The Morgan fingerprint density at radius 2 is 1.82 bits per heavy atom. The molecule has 5 aromatic rings. The Morgan fingerprint density at radius 1 is 1.03 bits per heavy atom. The first-order valence-electron chi connectivity index (χ1n) is 10.0. The van der Waals surface area contributed by atoms with Crippen molar-refractivity contribution < 1.29 is 9.21 Å². The molecule has 162 valence electrons. The summed E-state index contributed by atoms with van der Waals surface area (Å²) in [6.45, 7) is -0.319. The highest BCUT2D eigenvalue weighted by Crippen LogP contribution is 2.30. The molecule has 0 aliphatic rings. The number of nitrogens with one attached hydrogen (secondary N) is 1. The number of thiophene rings is 1. The highest BCUT2D eigenvalue weighted by molar-refractivity contribution is 7.25. The molecule has 0 bridgehead atoms. The van der Waals surface area contributed by atoms with Crippen LogP contribution >= 0.6 is 11.3 Å². The van der Waals surface area contributed by atoms with Crippen LogP contribution < -0.4 is 16.6 Å². The molecule has 0 atom stereocenters. The number of benzene rings is 2. The maximum Gasteiger partial charge on any atom is 0.332 e. The lowest BCUT2D eigenvalue weighted by atomic mass is 10.2. The van der Waals surface area contributed by atoms with Crippen LogP contribution in [-0.2, 0) is 17.9 Å². The van der Waals surface area contributed by atoms with Gasteiger partial charge < -0.3 is 9.73 Å². The van der Waals surface area contributed by atoms with E-state index in [2.05, 4.69) is 5.32 Å². The molecular weight excluding hydrogens is 440 g/mol. The number of hydrogen-bond acceptors (Lipinski definition) is 6. The molecule has 0 aliphatic heterocycles. The summed E-state index contributed by atoms with van der Waals surface area (Å²) in [5.74, 6) is 0.0323. The van der Waals surface area contributed by atoms with Crippen molar-refractivity contribution in [2.24, 2.45) is 0 Å². The molecule has 9 heteroatoms. The molecule has 1 N–H and O–H groups in total. The van der Waals surface area contributed by atoms with Crippen LogP contribution in [-0.4, -0.2) is 15.0 Å². The van der Waals surface area contributed by atoms with Crippen LogP contribution in [0.2, 0.25) is 0 Å². The van der Waals surface area contributed by atoms with E-state index in [9.17, 15) is 14.4 Å². The van der Waals surface area contributed by atoms with E-state index in [-0.39, 0.29) is 13.1 Å². The summed E-state index contributed by atoms with van der Waals surface area (Å²) in [4.78, 5) is 39.5. The van der Waals surface area contributed by atoms with Gasteiger partial charge in [0.05, 0.1) is 30.0 Å². The minimum absolute atomic E-state index is 0.0356. The molecule has 0 radical (unpaired) electrons. The first-order chi connectivity index (χ1) is 16.0. The molecule has 5 rings (SSSR count). The molecule has 3 aromatic heterocycles. The SMILES string of the molecule is N#Cc1ccc(NC(=O)Cn2c(=O)n(Cc3ccco3)c(=O)c3sc4ccccc4c32)cc1. The summed E-state index contributed by atoms with van der Waals surface area (Å²) in [5.41, 5.74) is 0.401. The van der Waals surface area contributed by atoms with Crippen molar-refractivity contribution in [1.29, 1.82) is 5.26 Å². The highest BCUT2D eigenvalue weighted by atomic mass is 32.1. The molecule has 3 heterocycles. The van der Waals surface area contributed by atoms with E-state index in [1.165, 1.54) is 22.2 Å². The number of furan rings is 1. The van der Waals surface area contributed by atoms with Gasteiger partial charge in [-0.3, -0.25) is 18.7 Å². The van der Waals surface area contributed by atoms with E-state index in [4.69, 9.17) is 9.68 Å². The predicted molar refractivity (Wildman–Crippen MR) is 125 cm³/mol. The Balaban J connectivity index is 1.62. The van der Waals surface area contributed by atoms with Crippen molar-refractivity contribution in [3.8, 4) is 6.07 Å². The Morgan fingerprint density at radius 3 is 2.55 bits per heavy atom. The zero-order valence-corrected chi connectivity index (χ0v) is 18.0. The number of aromatic nitrogens is 2. The van der Waals surface area contributed by atoms with Crippen molar-refractivity contribution in [3.63, 3.8) is 0 Å². The lowest BCUT2D eigenvalue weighted by Crippen LogP contribution is -2.41. The molecule has 0 aliphatic carbocycles. The van der Waals surface area contributed by atoms with E-state index in [0.717, 1.165) is 14.7 Å². The number of anilines is 1. The third-order valence-electron chi connectivity index (χ3n) is 5.23. The highest BCUT2D eigenvalue weighted by Gasteiger charge is 2.20. The number of fused-ring (bicyclic) bond motifs is 3. The number of carbonyl (C=O) groups excluding carboxylic acids is 1. The van der Waals surface area contributed by atoms with Crippen LogP contribution in [0.15, 0.2) is 80.9 Å². The molecule has 0 spiro atoms. The fourth-order valence-electron chi connectivity index (χ4n) is 3.71. The van der Waals surface area contributed by atoms with Crippen molar-refractivity contribution in [2.45, 2.75) is 13.1 Å². The van der Waals surface area contributed by atoms with Gasteiger partial charge in [0, 0.05) is 15.8 Å². The largest absolute Gasteiger partial charge is 0.467 e. The van der Waals surface area contributed by atoms with E-state index >= 15 is 0 Å². The van der Waals surface area contributed by atoms with Gasteiger partial charge in [-0.05, 0) is 42.5 Å². The maximum atomic E-state index is 13.4. The average Bonchev–Trinajstić information content (AvgIpc) is 3.48. The standard InChI is InChI=1S/C24H16N4O4S/c25-12-15-7-9-16(10-8-15)26-20(29)14-27-21-18-5-1-2-6-19(18)33-22(21)23(30)28(24(27)31)13-17-4-3-11-32-17/h1-11H,13-14H2,(H,26,29). The van der Waals surface area contributed by atoms with Gasteiger partial charge in [0.1, 0.15) is 17.0 Å². The van der Waals surface area contributed by atoms with Crippen molar-refractivity contribution in [3.05, 3.63) is 99.1 Å². The smallest absolute Gasteiger partial charge is 0.332 e. The number of nitriles is 1. The second-order valence-corrected chi connectivity index (χ2v) is 8.40. The first-order valence-corrected chi connectivity index (χ1v) is 10.8. The number of hydrogen-bond donors (Lipinski definition) is 1. The number of amides is 1. The van der Waals surface area contributed by atoms with Gasteiger partial charge >= 0.3 is 5.69 Å². The van der Waals surface area contributed by atoms with Crippen LogP contribution in [0.25, 0.3) is 20.3 Å². The minimum Gasteiger partial charge on any atom is -0.467 e. The zero-order valence-electron chi connectivity index (χ0n) is 17.1. The summed E-state index contributed by atoms with van der Waals surface area (Å²) in [5, 5.41) is 12.4. The quantitative estimate of drug-likeness (QED) is 0.435. The molecule has 0 saturated heterocycles. The van der Waals surface area contributed by atoms with Gasteiger partial charge in [-0.25, -0.2) is 4.79 Å². The number of carbonyl (C=O) groups is 1. The third-order valence-corrected chi connectivity index (χ3v) is 6.38. The van der Waals surface area contributed by atoms with Gasteiger partial charge in [-0.15, -0.1) is 11.3 Å². The monoisotopic (exact) mass is 456 g/mol. The van der Waals surface area contributed by atoms with Gasteiger partial charge in [-0.1, -0.05) is 18.2 Å². The van der Waals surface area contributed by atoms with Crippen LogP contribution in [0.1, 0.15) is 11.3 Å². The molecule has 2 aromatic carbocycles. The van der Waals surface area contributed by atoms with Crippen LogP contribution in [0.4, 0.5) is 5.69 Å². The normalized spacial score (nSPS) is 11.0. The molecule has 0 fully saturated rings. The lowest BCUT2D eigenvalue weighted by Gasteiger charge is -2.12.